The van der Waals surface area contributed by atoms with Gasteiger partial charge in [-0.25, -0.2) is 9.97 Å². The summed E-state index contributed by atoms with van der Waals surface area (Å²) >= 11 is 1.88. The van der Waals surface area contributed by atoms with Crippen LogP contribution in [-0.2, 0) is 0 Å². The molecule has 1 rings (SSSR count). The van der Waals surface area contributed by atoms with Crippen molar-refractivity contribution >= 4 is 23.4 Å². The molecule has 1 atom stereocenters. The van der Waals surface area contributed by atoms with Crippen LogP contribution in [0.1, 0.15) is 24.7 Å². The van der Waals surface area contributed by atoms with Gasteiger partial charge in [-0.1, -0.05) is 6.92 Å². The zero-order valence-electron chi connectivity index (χ0n) is 12.2. The van der Waals surface area contributed by atoms with Crippen molar-refractivity contribution in [1.82, 2.24) is 9.97 Å². The first-order valence-corrected chi connectivity index (χ1v) is 7.69. The first kappa shape index (κ1) is 15.1. The van der Waals surface area contributed by atoms with Crippen molar-refractivity contribution in [3.05, 3.63) is 11.4 Å². The van der Waals surface area contributed by atoms with Crippen molar-refractivity contribution in [2.75, 3.05) is 36.3 Å². The molecule has 0 amide bonds. The second-order valence-electron chi connectivity index (χ2n) is 4.45. The molecule has 18 heavy (non-hydrogen) atoms. The van der Waals surface area contributed by atoms with Gasteiger partial charge in [-0.3, -0.25) is 0 Å². The highest BCUT2D eigenvalue weighted by molar-refractivity contribution is 7.98. The van der Waals surface area contributed by atoms with Crippen LogP contribution in [0.3, 0.4) is 0 Å². The molecule has 1 heterocycles. The molecule has 0 saturated carbocycles. The molecule has 4 nitrogen and oxygen atoms in total. The molecule has 5 heteroatoms. The van der Waals surface area contributed by atoms with E-state index in [0.717, 1.165) is 35.2 Å². The van der Waals surface area contributed by atoms with E-state index in [9.17, 15) is 0 Å². The Morgan fingerprint density at radius 3 is 2.50 bits per heavy atom. The Morgan fingerprint density at radius 2 is 2.00 bits per heavy atom. The lowest BCUT2D eigenvalue weighted by molar-refractivity contribution is 0.662. The summed E-state index contributed by atoms with van der Waals surface area (Å²) in [4.78, 5) is 11.3. The first-order chi connectivity index (χ1) is 8.54. The van der Waals surface area contributed by atoms with Gasteiger partial charge in [0.2, 0.25) is 0 Å². The summed E-state index contributed by atoms with van der Waals surface area (Å²) in [6, 6.07) is 0.512. The molecule has 0 saturated heterocycles. The maximum Gasteiger partial charge on any atom is 0.137 e. The topological polar surface area (TPSA) is 41.1 Å². The summed E-state index contributed by atoms with van der Waals surface area (Å²) in [5.41, 5.74) is 1.12. The van der Waals surface area contributed by atoms with E-state index in [-0.39, 0.29) is 0 Å². The van der Waals surface area contributed by atoms with E-state index in [0.29, 0.717) is 6.04 Å². The van der Waals surface area contributed by atoms with Gasteiger partial charge in [0, 0.05) is 31.5 Å². The minimum Gasteiger partial charge on any atom is -0.373 e. The Labute approximate surface area is 115 Å². The van der Waals surface area contributed by atoms with Crippen molar-refractivity contribution in [3.8, 4) is 0 Å². The molecule has 0 aliphatic carbocycles. The van der Waals surface area contributed by atoms with Crippen LogP contribution in [0.15, 0.2) is 0 Å². The van der Waals surface area contributed by atoms with Gasteiger partial charge < -0.3 is 10.2 Å². The lowest BCUT2D eigenvalue weighted by Gasteiger charge is -2.29. The van der Waals surface area contributed by atoms with Crippen LogP contribution in [0.5, 0.6) is 0 Å². The maximum absolute atomic E-state index is 4.60. The molecular formula is C13H24N4S. The number of aromatic nitrogens is 2. The summed E-state index contributed by atoms with van der Waals surface area (Å²) in [6.45, 7) is 6.23. The second kappa shape index (κ2) is 6.83. The number of thioether (sulfide) groups is 1. The summed E-state index contributed by atoms with van der Waals surface area (Å²) in [7, 11) is 4.02. The fourth-order valence-electron chi connectivity index (χ4n) is 2.07. The Morgan fingerprint density at radius 1 is 1.33 bits per heavy atom. The summed E-state index contributed by atoms with van der Waals surface area (Å²) < 4.78 is 0. The Hall–Kier alpha value is -0.970. The SMILES string of the molecule is CCC(CSC)N(C)c1nc(C)nc(NC)c1C. The zero-order chi connectivity index (χ0) is 13.7. The van der Waals surface area contributed by atoms with Crippen molar-refractivity contribution in [2.45, 2.75) is 33.2 Å². The van der Waals surface area contributed by atoms with Crippen molar-refractivity contribution < 1.29 is 0 Å². The lowest BCUT2D eigenvalue weighted by atomic mass is 10.2. The average Bonchev–Trinajstić information content (AvgIpc) is 2.37. The summed E-state index contributed by atoms with van der Waals surface area (Å²) in [6.07, 6.45) is 3.27. The number of hydrogen-bond acceptors (Lipinski definition) is 5. The van der Waals surface area contributed by atoms with Crippen LogP contribution in [-0.4, -0.2) is 42.1 Å². The zero-order valence-corrected chi connectivity index (χ0v) is 13.1. The molecule has 102 valence electrons. The molecule has 0 aliphatic rings. The van der Waals surface area contributed by atoms with Gasteiger partial charge in [-0.2, -0.15) is 11.8 Å². The highest BCUT2D eigenvalue weighted by atomic mass is 32.2. The van der Waals surface area contributed by atoms with Crippen molar-refractivity contribution in [1.29, 1.82) is 0 Å². The number of rotatable bonds is 6. The number of anilines is 2. The third kappa shape index (κ3) is 3.28. The second-order valence-corrected chi connectivity index (χ2v) is 5.36. The fraction of sp³-hybridized carbons (Fsp3) is 0.692. The molecule has 0 aliphatic heterocycles. The summed E-state index contributed by atoms with van der Waals surface area (Å²) in [5.74, 6) is 3.88. The van der Waals surface area contributed by atoms with E-state index in [1.165, 1.54) is 0 Å². The average molecular weight is 268 g/mol. The van der Waals surface area contributed by atoms with Crippen LogP contribution < -0.4 is 10.2 Å². The Kier molecular flexibility index (Phi) is 5.72. The third-order valence-corrected chi connectivity index (χ3v) is 3.90. The Bertz CT molecular complexity index is 395. The maximum atomic E-state index is 4.60. The molecular weight excluding hydrogens is 244 g/mol. The van der Waals surface area contributed by atoms with Crippen molar-refractivity contribution in [2.24, 2.45) is 0 Å². The van der Waals surface area contributed by atoms with Crippen LogP contribution in [0.2, 0.25) is 0 Å². The number of aryl methyl sites for hydroxylation is 1. The van der Waals surface area contributed by atoms with Gasteiger partial charge in [0.05, 0.1) is 0 Å². The first-order valence-electron chi connectivity index (χ1n) is 6.29. The van der Waals surface area contributed by atoms with Crippen LogP contribution >= 0.6 is 11.8 Å². The largest absolute Gasteiger partial charge is 0.373 e. The molecule has 0 bridgehead atoms. The highest BCUT2D eigenvalue weighted by Gasteiger charge is 2.18. The van der Waals surface area contributed by atoms with Gasteiger partial charge >= 0.3 is 0 Å². The summed E-state index contributed by atoms with van der Waals surface area (Å²) in [5, 5.41) is 3.14. The van der Waals surface area contributed by atoms with Crippen LogP contribution in [0.4, 0.5) is 11.6 Å². The molecule has 1 N–H and O–H groups in total. The predicted molar refractivity (Wildman–Crippen MR) is 81.9 cm³/mol. The molecule has 1 aromatic rings. The molecule has 0 spiro atoms. The smallest absolute Gasteiger partial charge is 0.137 e. The molecule has 0 fully saturated rings. The quantitative estimate of drug-likeness (QED) is 0.859. The minimum absolute atomic E-state index is 0.512. The molecule has 0 radical (unpaired) electrons. The molecule has 1 unspecified atom stereocenters. The van der Waals surface area contributed by atoms with E-state index >= 15 is 0 Å². The predicted octanol–water partition coefficient (Wildman–Crippen LogP) is 2.71. The van der Waals surface area contributed by atoms with E-state index in [1.807, 2.05) is 25.7 Å². The monoisotopic (exact) mass is 268 g/mol. The Balaban J connectivity index is 3.11. The van der Waals surface area contributed by atoms with E-state index < -0.39 is 0 Å². The molecule has 1 aromatic heterocycles. The number of nitrogens with one attached hydrogen (secondary N) is 1. The van der Waals surface area contributed by atoms with E-state index in [4.69, 9.17) is 0 Å². The fourth-order valence-corrected chi connectivity index (χ4v) is 2.91. The standard InChI is InChI=1S/C13H24N4S/c1-7-11(8-18-6)17(5)13-9(2)12(14-4)15-10(3)16-13/h11H,7-8H2,1-6H3,(H,14,15,16). The lowest BCUT2D eigenvalue weighted by Crippen LogP contribution is -2.34. The van der Waals surface area contributed by atoms with Crippen LogP contribution in [0.25, 0.3) is 0 Å². The van der Waals surface area contributed by atoms with E-state index in [1.54, 1.807) is 0 Å². The number of hydrogen-bond donors (Lipinski definition) is 1. The van der Waals surface area contributed by atoms with Gasteiger partial charge in [-0.15, -0.1) is 0 Å². The van der Waals surface area contributed by atoms with Gasteiger partial charge in [0.1, 0.15) is 17.5 Å². The van der Waals surface area contributed by atoms with Crippen LogP contribution in [0, 0.1) is 13.8 Å². The van der Waals surface area contributed by atoms with Crippen molar-refractivity contribution in [3.63, 3.8) is 0 Å². The third-order valence-electron chi connectivity index (χ3n) is 3.18. The highest BCUT2D eigenvalue weighted by Crippen LogP contribution is 2.25. The van der Waals surface area contributed by atoms with Gasteiger partial charge in [0.25, 0.3) is 0 Å². The van der Waals surface area contributed by atoms with Gasteiger partial charge in [0.15, 0.2) is 0 Å². The van der Waals surface area contributed by atoms with E-state index in [2.05, 4.69) is 47.3 Å². The minimum atomic E-state index is 0.512. The normalized spacial score (nSPS) is 12.3. The van der Waals surface area contributed by atoms with Gasteiger partial charge in [-0.05, 0) is 26.5 Å². The number of nitrogens with zero attached hydrogens (tertiary/aromatic N) is 3. The molecule has 0 aromatic carbocycles.